The molecule has 7 nitrogen and oxygen atoms in total. The van der Waals surface area contributed by atoms with Gasteiger partial charge >= 0.3 is 0 Å². The van der Waals surface area contributed by atoms with Crippen molar-refractivity contribution in [1.29, 1.82) is 0 Å². The minimum atomic E-state index is -1.09. The van der Waals surface area contributed by atoms with Gasteiger partial charge in [0.05, 0.1) is 39.6 Å². The number of aliphatic hydroxyl groups is 1. The standard InChI is InChI=1S/C30H31F2N5O2/c1-17-28(36(4)35-34-17)19-14-25-27(33-16-19)21-9-8-20(30(2,3)38)15-24(21)37(25)29(18-10-12-39-13-11-18)22-6-5-7-23(31)26(22)32/h5-9,14-16,18,29,38H,10-13H2,1-4H3. The monoisotopic (exact) mass is 531 g/mol. The number of aryl methyl sites for hydroxylation is 2. The molecular weight excluding hydrogens is 500 g/mol. The van der Waals surface area contributed by atoms with Crippen molar-refractivity contribution in [2.75, 3.05) is 13.2 Å². The Labute approximate surface area is 225 Å². The van der Waals surface area contributed by atoms with Crippen molar-refractivity contribution in [2.24, 2.45) is 13.0 Å². The van der Waals surface area contributed by atoms with E-state index in [4.69, 9.17) is 9.72 Å². The van der Waals surface area contributed by atoms with Crippen LogP contribution in [0.5, 0.6) is 0 Å². The summed E-state index contributed by atoms with van der Waals surface area (Å²) in [6.45, 7) is 6.46. The lowest BCUT2D eigenvalue weighted by molar-refractivity contribution is 0.0547. The molecule has 3 aromatic heterocycles. The van der Waals surface area contributed by atoms with Crippen LogP contribution >= 0.6 is 0 Å². The van der Waals surface area contributed by atoms with Crippen molar-refractivity contribution in [3.8, 4) is 11.3 Å². The molecule has 0 spiro atoms. The summed E-state index contributed by atoms with van der Waals surface area (Å²) >= 11 is 0. The first-order valence-corrected chi connectivity index (χ1v) is 13.2. The van der Waals surface area contributed by atoms with Gasteiger partial charge in [0, 0.05) is 43.0 Å². The molecule has 1 aliphatic heterocycles. The van der Waals surface area contributed by atoms with Crippen LogP contribution in [0.15, 0.2) is 48.7 Å². The quantitative estimate of drug-likeness (QED) is 0.310. The SMILES string of the molecule is Cc1nnn(C)c1-c1cnc2c3ccc(C(C)(C)O)cc3n(C(c3cccc(F)c3F)C3CCOCC3)c2c1. The van der Waals surface area contributed by atoms with E-state index >= 15 is 4.39 Å². The molecule has 4 heterocycles. The summed E-state index contributed by atoms with van der Waals surface area (Å²) in [5.41, 5.74) is 4.67. The minimum absolute atomic E-state index is 0.0107. The molecular formula is C30H31F2N5O2. The van der Waals surface area contributed by atoms with Crippen LogP contribution in [0.1, 0.15) is 49.6 Å². The van der Waals surface area contributed by atoms with Gasteiger partial charge in [0.25, 0.3) is 0 Å². The number of benzene rings is 2. The molecule has 9 heteroatoms. The van der Waals surface area contributed by atoms with Crippen molar-refractivity contribution in [1.82, 2.24) is 24.5 Å². The fourth-order valence-corrected chi connectivity index (χ4v) is 5.96. The topological polar surface area (TPSA) is 78.0 Å². The molecule has 39 heavy (non-hydrogen) atoms. The molecule has 6 rings (SSSR count). The van der Waals surface area contributed by atoms with E-state index in [1.807, 2.05) is 38.2 Å². The van der Waals surface area contributed by atoms with Crippen molar-refractivity contribution < 1.29 is 18.6 Å². The second-order valence-corrected chi connectivity index (χ2v) is 10.9. The zero-order valence-electron chi connectivity index (χ0n) is 22.4. The molecule has 202 valence electrons. The first-order chi connectivity index (χ1) is 18.6. The van der Waals surface area contributed by atoms with Gasteiger partial charge in [-0.3, -0.25) is 4.98 Å². The Hall–Kier alpha value is -3.69. The number of rotatable bonds is 5. The Morgan fingerprint density at radius 3 is 2.54 bits per heavy atom. The molecule has 2 aromatic carbocycles. The van der Waals surface area contributed by atoms with Gasteiger partial charge < -0.3 is 14.4 Å². The third-order valence-corrected chi connectivity index (χ3v) is 7.91. The molecule has 1 fully saturated rings. The fraction of sp³-hybridized carbons (Fsp3) is 0.367. The molecule has 1 atom stereocenters. The number of aromatic nitrogens is 5. The van der Waals surface area contributed by atoms with Crippen LogP contribution in [-0.4, -0.2) is 42.9 Å². The van der Waals surface area contributed by atoms with Gasteiger partial charge in [-0.15, -0.1) is 5.10 Å². The van der Waals surface area contributed by atoms with Crippen LogP contribution in [0.4, 0.5) is 8.78 Å². The second-order valence-electron chi connectivity index (χ2n) is 10.9. The van der Waals surface area contributed by atoms with Crippen LogP contribution in [0.25, 0.3) is 33.2 Å². The van der Waals surface area contributed by atoms with Crippen molar-refractivity contribution in [3.63, 3.8) is 0 Å². The average molecular weight is 532 g/mol. The van der Waals surface area contributed by atoms with E-state index < -0.39 is 23.3 Å². The van der Waals surface area contributed by atoms with Crippen molar-refractivity contribution in [2.45, 2.75) is 45.3 Å². The van der Waals surface area contributed by atoms with Crippen LogP contribution in [-0.2, 0) is 17.4 Å². The van der Waals surface area contributed by atoms with Gasteiger partial charge in [-0.05, 0) is 63.3 Å². The highest BCUT2D eigenvalue weighted by molar-refractivity contribution is 6.07. The number of halogens is 2. The lowest BCUT2D eigenvalue weighted by atomic mass is 9.86. The highest BCUT2D eigenvalue weighted by atomic mass is 19.2. The number of nitrogens with zero attached hydrogens (tertiary/aromatic N) is 5. The Morgan fingerprint density at radius 2 is 1.85 bits per heavy atom. The number of pyridine rings is 1. The van der Waals surface area contributed by atoms with E-state index in [-0.39, 0.29) is 11.5 Å². The molecule has 1 N–H and O–H groups in total. The van der Waals surface area contributed by atoms with Crippen LogP contribution in [0, 0.1) is 24.5 Å². The van der Waals surface area contributed by atoms with E-state index in [2.05, 4.69) is 14.9 Å². The normalized spacial score (nSPS) is 15.9. The van der Waals surface area contributed by atoms with E-state index in [9.17, 15) is 9.50 Å². The first kappa shape index (κ1) is 25.6. The first-order valence-electron chi connectivity index (χ1n) is 13.2. The molecule has 1 aliphatic rings. The summed E-state index contributed by atoms with van der Waals surface area (Å²) in [6, 6.07) is 11.7. The zero-order valence-corrected chi connectivity index (χ0v) is 22.4. The molecule has 5 aromatic rings. The zero-order chi connectivity index (χ0) is 27.5. The van der Waals surface area contributed by atoms with Gasteiger partial charge in [0.15, 0.2) is 11.6 Å². The van der Waals surface area contributed by atoms with Gasteiger partial charge in [-0.25, -0.2) is 13.5 Å². The van der Waals surface area contributed by atoms with Gasteiger partial charge in [-0.2, -0.15) is 0 Å². The predicted molar refractivity (Wildman–Crippen MR) is 145 cm³/mol. The van der Waals surface area contributed by atoms with Gasteiger partial charge in [0.2, 0.25) is 0 Å². The van der Waals surface area contributed by atoms with E-state index in [1.54, 1.807) is 36.9 Å². The number of hydrogen-bond acceptors (Lipinski definition) is 5. The van der Waals surface area contributed by atoms with Crippen molar-refractivity contribution >= 4 is 21.9 Å². The van der Waals surface area contributed by atoms with E-state index in [0.29, 0.717) is 26.1 Å². The third kappa shape index (κ3) is 4.30. The third-order valence-electron chi connectivity index (χ3n) is 7.91. The summed E-state index contributed by atoms with van der Waals surface area (Å²) in [6.07, 6.45) is 3.20. The number of fused-ring (bicyclic) bond motifs is 3. The molecule has 0 bridgehead atoms. The van der Waals surface area contributed by atoms with E-state index in [0.717, 1.165) is 50.5 Å². The summed E-state index contributed by atoms with van der Waals surface area (Å²) in [5, 5.41) is 20.1. The Balaban J connectivity index is 1.72. The summed E-state index contributed by atoms with van der Waals surface area (Å²) in [5.74, 6) is -1.74. The maximum absolute atomic E-state index is 15.6. The highest BCUT2D eigenvalue weighted by Gasteiger charge is 2.33. The summed E-state index contributed by atoms with van der Waals surface area (Å²) in [7, 11) is 1.83. The smallest absolute Gasteiger partial charge is 0.164 e. The van der Waals surface area contributed by atoms with Gasteiger partial charge in [0.1, 0.15) is 0 Å². The fourth-order valence-electron chi connectivity index (χ4n) is 5.96. The van der Waals surface area contributed by atoms with E-state index in [1.165, 1.54) is 0 Å². The van der Waals surface area contributed by atoms with Crippen LogP contribution in [0.3, 0.4) is 0 Å². The molecule has 0 saturated carbocycles. The molecule has 0 radical (unpaired) electrons. The lowest BCUT2D eigenvalue weighted by Crippen LogP contribution is -2.28. The Kier molecular flexibility index (Phi) is 6.23. The molecule has 1 unspecified atom stereocenters. The Bertz CT molecular complexity index is 1680. The minimum Gasteiger partial charge on any atom is -0.386 e. The number of hydrogen-bond donors (Lipinski definition) is 1. The summed E-state index contributed by atoms with van der Waals surface area (Å²) in [4.78, 5) is 4.88. The summed E-state index contributed by atoms with van der Waals surface area (Å²) < 4.78 is 39.7. The maximum atomic E-state index is 15.6. The average Bonchev–Trinajstić information content (AvgIpc) is 3.42. The maximum Gasteiger partial charge on any atom is 0.164 e. The van der Waals surface area contributed by atoms with Crippen LogP contribution in [0.2, 0.25) is 0 Å². The Morgan fingerprint density at radius 1 is 1.08 bits per heavy atom. The van der Waals surface area contributed by atoms with Crippen LogP contribution < -0.4 is 0 Å². The largest absolute Gasteiger partial charge is 0.386 e. The van der Waals surface area contributed by atoms with Crippen molar-refractivity contribution in [3.05, 3.63) is 77.1 Å². The molecule has 0 amide bonds. The lowest BCUT2D eigenvalue weighted by Gasteiger charge is -2.33. The predicted octanol–water partition coefficient (Wildman–Crippen LogP) is 5.82. The second kappa shape index (κ2) is 9.50. The molecule has 1 saturated heterocycles. The number of ether oxygens (including phenoxy) is 1. The molecule has 0 aliphatic carbocycles. The highest BCUT2D eigenvalue weighted by Crippen LogP contribution is 2.43. The van der Waals surface area contributed by atoms with Gasteiger partial charge in [-0.1, -0.05) is 29.5 Å².